The maximum atomic E-state index is 12.5. The number of hydrogen-bond donors (Lipinski definition) is 1. The fraction of sp³-hybridized carbons (Fsp3) is 0.273. The van der Waals surface area contributed by atoms with Crippen LogP contribution in [0.15, 0.2) is 59.0 Å². The first-order valence-corrected chi connectivity index (χ1v) is 10.6. The Hall–Kier alpha value is -2.73. The standard InChI is InChI=1S/C22H22N2O3S/c25-21(24-10-3-12-28-13-11-24)14-16-6-8-18(9-7-16)23-22(26)20-15-17-4-1-2-5-19(17)27-20/h1-2,4-9,15H,3,10-14H2,(H,23,26). The van der Waals surface area contributed by atoms with Crippen LogP contribution in [0.1, 0.15) is 22.5 Å². The minimum absolute atomic E-state index is 0.168. The van der Waals surface area contributed by atoms with Crippen LogP contribution in [0.25, 0.3) is 11.0 Å². The van der Waals surface area contributed by atoms with Gasteiger partial charge in [0.2, 0.25) is 5.91 Å². The summed E-state index contributed by atoms with van der Waals surface area (Å²) in [5.74, 6) is 2.30. The fourth-order valence-corrected chi connectivity index (χ4v) is 4.16. The van der Waals surface area contributed by atoms with E-state index in [0.29, 0.717) is 17.7 Å². The molecule has 2 heterocycles. The van der Waals surface area contributed by atoms with Gasteiger partial charge in [0.15, 0.2) is 5.76 Å². The molecule has 0 saturated carbocycles. The van der Waals surface area contributed by atoms with Crippen LogP contribution < -0.4 is 5.32 Å². The topological polar surface area (TPSA) is 62.6 Å². The van der Waals surface area contributed by atoms with E-state index in [0.717, 1.165) is 42.0 Å². The highest BCUT2D eigenvalue weighted by Crippen LogP contribution is 2.20. The number of anilines is 1. The van der Waals surface area contributed by atoms with Crippen LogP contribution in [0.4, 0.5) is 5.69 Å². The molecular formula is C22H22N2O3S. The number of nitrogens with zero attached hydrogens (tertiary/aromatic N) is 1. The van der Waals surface area contributed by atoms with Crippen LogP contribution in [0.5, 0.6) is 0 Å². The number of thioether (sulfide) groups is 1. The lowest BCUT2D eigenvalue weighted by Crippen LogP contribution is -2.34. The molecule has 1 fully saturated rings. The Morgan fingerprint density at radius 1 is 1.04 bits per heavy atom. The second kappa shape index (κ2) is 8.52. The molecule has 2 amide bonds. The predicted molar refractivity (Wildman–Crippen MR) is 113 cm³/mol. The summed E-state index contributed by atoms with van der Waals surface area (Å²) in [5, 5.41) is 3.74. The third kappa shape index (κ3) is 4.39. The van der Waals surface area contributed by atoms with Gasteiger partial charge in [0, 0.05) is 29.9 Å². The zero-order chi connectivity index (χ0) is 19.3. The Kier molecular flexibility index (Phi) is 5.67. The first kappa shape index (κ1) is 18.6. The number of hydrogen-bond acceptors (Lipinski definition) is 4. The molecule has 0 radical (unpaired) electrons. The Bertz CT molecular complexity index is 940. The second-order valence-electron chi connectivity index (χ2n) is 6.82. The molecular weight excluding hydrogens is 372 g/mol. The van der Waals surface area contributed by atoms with Crippen molar-refractivity contribution >= 4 is 40.2 Å². The van der Waals surface area contributed by atoms with Crippen LogP contribution in [-0.4, -0.2) is 41.3 Å². The van der Waals surface area contributed by atoms with E-state index in [4.69, 9.17) is 4.42 Å². The lowest BCUT2D eigenvalue weighted by molar-refractivity contribution is -0.130. The summed E-state index contributed by atoms with van der Waals surface area (Å²) in [4.78, 5) is 26.9. The zero-order valence-electron chi connectivity index (χ0n) is 15.5. The van der Waals surface area contributed by atoms with Crippen molar-refractivity contribution in [3.05, 3.63) is 65.9 Å². The molecule has 4 rings (SSSR count). The van der Waals surface area contributed by atoms with Crippen LogP contribution in [0.2, 0.25) is 0 Å². The highest BCUT2D eigenvalue weighted by atomic mass is 32.2. The molecule has 5 nitrogen and oxygen atoms in total. The number of carbonyl (C=O) groups excluding carboxylic acids is 2. The van der Waals surface area contributed by atoms with Crippen molar-refractivity contribution in [3.63, 3.8) is 0 Å². The molecule has 28 heavy (non-hydrogen) atoms. The van der Waals surface area contributed by atoms with Gasteiger partial charge in [0.05, 0.1) is 6.42 Å². The summed E-state index contributed by atoms with van der Waals surface area (Å²) in [5.41, 5.74) is 2.31. The molecule has 1 saturated heterocycles. The third-order valence-electron chi connectivity index (χ3n) is 4.79. The molecule has 3 aromatic rings. The molecule has 2 aromatic carbocycles. The number of fused-ring (bicyclic) bond motifs is 1. The van der Waals surface area contributed by atoms with Gasteiger partial charge in [-0.15, -0.1) is 0 Å². The molecule has 0 unspecified atom stereocenters. The van der Waals surface area contributed by atoms with Crippen molar-refractivity contribution in [1.29, 1.82) is 0 Å². The lowest BCUT2D eigenvalue weighted by atomic mass is 10.1. The van der Waals surface area contributed by atoms with Gasteiger partial charge in [0.1, 0.15) is 5.58 Å². The highest BCUT2D eigenvalue weighted by Gasteiger charge is 2.16. The van der Waals surface area contributed by atoms with Gasteiger partial charge in [-0.1, -0.05) is 30.3 Å². The number of carbonyl (C=O) groups is 2. The molecule has 6 heteroatoms. The van der Waals surface area contributed by atoms with Gasteiger partial charge in [-0.25, -0.2) is 0 Å². The fourth-order valence-electron chi connectivity index (χ4n) is 3.27. The number of nitrogens with one attached hydrogen (secondary N) is 1. The van der Waals surface area contributed by atoms with Crippen molar-refractivity contribution in [3.8, 4) is 0 Å². The smallest absolute Gasteiger partial charge is 0.291 e. The number of para-hydroxylation sites is 1. The van der Waals surface area contributed by atoms with Gasteiger partial charge < -0.3 is 14.6 Å². The van der Waals surface area contributed by atoms with Crippen LogP contribution in [0.3, 0.4) is 0 Å². The third-order valence-corrected chi connectivity index (χ3v) is 5.84. The molecule has 1 aliphatic heterocycles. The van der Waals surface area contributed by atoms with E-state index >= 15 is 0 Å². The molecule has 144 valence electrons. The van der Waals surface area contributed by atoms with Gasteiger partial charge in [-0.3, -0.25) is 9.59 Å². The van der Waals surface area contributed by atoms with Crippen molar-refractivity contribution in [2.45, 2.75) is 12.8 Å². The van der Waals surface area contributed by atoms with E-state index in [1.165, 1.54) is 0 Å². The molecule has 0 atom stereocenters. The van der Waals surface area contributed by atoms with Gasteiger partial charge in [-0.05, 0) is 42.0 Å². The SMILES string of the molecule is O=C(Nc1ccc(CC(=O)N2CCCSCC2)cc1)c1cc2ccccc2o1. The Balaban J connectivity index is 1.37. The van der Waals surface area contributed by atoms with E-state index in [9.17, 15) is 9.59 Å². The van der Waals surface area contributed by atoms with Crippen molar-refractivity contribution in [1.82, 2.24) is 4.90 Å². The maximum absolute atomic E-state index is 12.5. The van der Waals surface area contributed by atoms with E-state index in [-0.39, 0.29) is 17.6 Å². The number of benzene rings is 2. The van der Waals surface area contributed by atoms with Crippen molar-refractivity contribution in [2.75, 3.05) is 29.9 Å². The average molecular weight is 394 g/mol. The van der Waals surface area contributed by atoms with Crippen molar-refractivity contribution < 1.29 is 14.0 Å². The number of furan rings is 1. The summed E-state index contributed by atoms with van der Waals surface area (Å²) in [6.07, 6.45) is 1.45. The maximum Gasteiger partial charge on any atom is 0.291 e. The summed E-state index contributed by atoms with van der Waals surface area (Å²) >= 11 is 1.91. The van der Waals surface area contributed by atoms with Gasteiger partial charge in [0.25, 0.3) is 5.91 Å². The monoisotopic (exact) mass is 394 g/mol. The predicted octanol–water partition coefficient (Wildman–Crippen LogP) is 4.19. The molecule has 0 aliphatic carbocycles. The van der Waals surface area contributed by atoms with Crippen LogP contribution in [-0.2, 0) is 11.2 Å². The van der Waals surface area contributed by atoms with E-state index < -0.39 is 0 Å². The number of rotatable bonds is 4. The zero-order valence-corrected chi connectivity index (χ0v) is 16.3. The van der Waals surface area contributed by atoms with Crippen molar-refractivity contribution in [2.24, 2.45) is 0 Å². The Morgan fingerprint density at radius 3 is 2.68 bits per heavy atom. The Labute approximate surface area is 168 Å². The minimum atomic E-state index is -0.290. The van der Waals surface area contributed by atoms with Crippen LogP contribution in [0, 0.1) is 0 Å². The van der Waals surface area contributed by atoms with Gasteiger partial charge in [-0.2, -0.15) is 11.8 Å². The first-order chi connectivity index (χ1) is 13.7. The quantitative estimate of drug-likeness (QED) is 0.721. The molecule has 1 N–H and O–H groups in total. The van der Waals surface area contributed by atoms with Crippen LogP contribution >= 0.6 is 11.8 Å². The largest absolute Gasteiger partial charge is 0.451 e. The Morgan fingerprint density at radius 2 is 1.86 bits per heavy atom. The molecule has 0 bridgehead atoms. The van der Waals surface area contributed by atoms with E-state index in [1.807, 2.05) is 65.2 Å². The highest BCUT2D eigenvalue weighted by molar-refractivity contribution is 7.99. The lowest BCUT2D eigenvalue weighted by Gasteiger charge is -2.20. The minimum Gasteiger partial charge on any atom is -0.451 e. The summed E-state index contributed by atoms with van der Waals surface area (Å²) in [6.45, 7) is 1.67. The summed E-state index contributed by atoms with van der Waals surface area (Å²) < 4.78 is 5.59. The normalized spacial score (nSPS) is 14.6. The van der Waals surface area contributed by atoms with E-state index in [1.54, 1.807) is 6.07 Å². The summed E-state index contributed by atoms with van der Waals surface area (Å²) in [7, 11) is 0. The average Bonchev–Trinajstić information content (AvgIpc) is 2.96. The molecule has 1 aliphatic rings. The number of amides is 2. The first-order valence-electron chi connectivity index (χ1n) is 9.43. The molecule has 1 aromatic heterocycles. The summed E-state index contributed by atoms with van der Waals surface area (Å²) in [6, 6.07) is 16.7. The second-order valence-corrected chi connectivity index (χ2v) is 8.05. The van der Waals surface area contributed by atoms with E-state index in [2.05, 4.69) is 5.32 Å². The van der Waals surface area contributed by atoms with Gasteiger partial charge >= 0.3 is 0 Å². The molecule has 0 spiro atoms.